The number of fused-ring (bicyclic) bond motifs is 1. The second kappa shape index (κ2) is 4.86. The molecule has 1 heterocycles. The van der Waals surface area contributed by atoms with E-state index in [1.165, 1.54) is 18.4 Å². The van der Waals surface area contributed by atoms with E-state index < -0.39 is 0 Å². The number of para-hydroxylation sites is 1. The van der Waals surface area contributed by atoms with Crippen molar-refractivity contribution in [2.75, 3.05) is 18.4 Å². The smallest absolute Gasteiger partial charge is 0.0640 e. The Morgan fingerprint density at radius 2 is 2.33 bits per heavy atom. The summed E-state index contributed by atoms with van der Waals surface area (Å²) in [5.41, 5.74) is 8.11. The zero-order chi connectivity index (χ0) is 10.7. The summed E-state index contributed by atoms with van der Waals surface area (Å²) in [6.07, 6.45) is 3.45. The van der Waals surface area contributed by atoms with E-state index in [9.17, 15) is 0 Å². The minimum atomic E-state index is 0.568. The van der Waals surface area contributed by atoms with Crippen molar-refractivity contribution < 1.29 is 0 Å². The Balaban J connectivity index is 2.36. The fraction of sp³-hybridized carbons (Fsp3) is 0.500. The van der Waals surface area contributed by atoms with E-state index >= 15 is 0 Å². The molecule has 0 bridgehead atoms. The Bertz CT molecular complexity index is 338. The summed E-state index contributed by atoms with van der Waals surface area (Å²) in [6.45, 7) is 1.76. The molecule has 0 saturated carbocycles. The van der Waals surface area contributed by atoms with Gasteiger partial charge in [-0.3, -0.25) is 0 Å². The molecule has 1 aromatic carbocycles. The molecule has 2 nitrogen and oxygen atoms in total. The zero-order valence-electron chi connectivity index (χ0n) is 8.80. The van der Waals surface area contributed by atoms with Gasteiger partial charge in [-0.2, -0.15) is 0 Å². The van der Waals surface area contributed by atoms with Gasteiger partial charge in [0.1, 0.15) is 0 Å². The van der Waals surface area contributed by atoms with Gasteiger partial charge in [0.25, 0.3) is 0 Å². The van der Waals surface area contributed by atoms with Crippen molar-refractivity contribution >= 4 is 17.3 Å². The molecule has 82 valence electrons. The maximum absolute atomic E-state index is 6.19. The monoisotopic (exact) mass is 224 g/mol. The molecule has 2 rings (SSSR count). The van der Waals surface area contributed by atoms with Crippen LogP contribution in [0.4, 0.5) is 5.69 Å². The van der Waals surface area contributed by atoms with Crippen molar-refractivity contribution in [3.8, 4) is 0 Å². The number of benzene rings is 1. The standard InChI is InChI=1S/C12H17ClN2/c13-11-5-1-4-10-9(6-7-14)3-2-8-15-12(10)11/h1,4-5,9,15H,2-3,6-8,14H2. The lowest BCUT2D eigenvalue weighted by Crippen LogP contribution is -2.07. The van der Waals surface area contributed by atoms with Crippen LogP contribution in [0.1, 0.15) is 30.7 Å². The highest BCUT2D eigenvalue weighted by Gasteiger charge is 2.19. The molecule has 15 heavy (non-hydrogen) atoms. The Hall–Kier alpha value is -0.730. The van der Waals surface area contributed by atoms with Crippen LogP contribution in [0.25, 0.3) is 0 Å². The molecule has 1 aliphatic heterocycles. The molecule has 0 amide bonds. The third-order valence-electron chi connectivity index (χ3n) is 3.03. The Labute approximate surface area is 95.8 Å². The van der Waals surface area contributed by atoms with Crippen LogP contribution >= 0.6 is 11.6 Å². The lowest BCUT2D eigenvalue weighted by molar-refractivity contribution is 0.580. The fourth-order valence-electron chi connectivity index (χ4n) is 2.29. The Kier molecular flexibility index (Phi) is 3.49. The second-order valence-corrected chi connectivity index (χ2v) is 4.45. The molecule has 3 N–H and O–H groups in total. The van der Waals surface area contributed by atoms with Crippen LogP contribution in [0.3, 0.4) is 0 Å². The fourth-order valence-corrected chi connectivity index (χ4v) is 2.53. The highest BCUT2D eigenvalue weighted by atomic mass is 35.5. The lowest BCUT2D eigenvalue weighted by Gasteiger charge is -2.17. The normalized spacial score (nSPS) is 20.3. The zero-order valence-corrected chi connectivity index (χ0v) is 9.56. The highest BCUT2D eigenvalue weighted by Crippen LogP contribution is 2.37. The second-order valence-electron chi connectivity index (χ2n) is 4.05. The van der Waals surface area contributed by atoms with Crippen molar-refractivity contribution in [1.29, 1.82) is 0 Å². The van der Waals surface area contributed by atoms with E-state index in [0.717, 1.165) is 30.2 Å². The molecule has 0 aliphatic carbocycles. The van der Waals surface area contributed by atoms with E-state index in [0.29, 0.717) is 5.92 Å². The molecular weight excluding hydrogens is 208 g/mol. The molecule has 0 saturated heterocycles. The van der Waals surface area contributed by atoms with Gasteiger partial charge >= 0.3 is 0 Å². The number of rotatable bonds is 2. The Morgan fingerprint density at radius 1 is 1.47 bits per heavy atom. The SMILES string of the molecule is NCCC1CCCNc2c(Cl)cccc21. The van der Waals surface area contributed by atoms with Gasteiger partial charge in [-0.05, 0) is 43.4 Å². The minimum absolute atomic E-state index is 0.568. The maximum Gasteiger partial charge on any atom is 0.0640 e. The molecule has 1 aromatic rings. The van der Waals surface area contributed by atoms with Crippen LogP contribution in [0.5, 0.6) is 0 Å². The average Bonchev–Trinajstić information content (AvgIpc) is 2.43. The number of halogens is 1. The molecule has 0 aromatic heterocycles. The maximum atomic E-state index is 6.19. The summed E-state index contributed by atoms with van der Waals surface area (Å²) in [5, 5.41) is 4.24. The molecule has 3 heteroatoms. The van der Waals surface area contributed by atoms with E-state index in [2.05, 4.69) is 11.4 Å². The van der Waals surface area contributed by atoms with E-state index in [1.807, 2.05) is 12.1 Å². The van der Waals surface area contributed by atoms with Crippen LogP contribution in [0.2, 0.25) is 5.02 Å². The van der Waals surface area contributed by atoms with Crippen LogP contribution in [0.15, 0.2) is 18.2 Å². The van der Waals surface area contributed by atoms with Gasteiger partial charge < -0.3 is 11.1 Å². The average molecular weight is 225 g/mol. The van der Waals surface area contributed by atoms with Gasteiger partial charge in [0.15, 0.2) is 0 Å². The summed E-state index contributed by atoms with van der Waals surface area (Å²) < 4.78 is 0. The van der Waals surface area contributed by atoms with Crippen molar-refractivity contribution in [3.05, 3.63) is 28.8 Å². The summed E-state index contributed by atoms with van der Waals surface area (Å²) in [5.74, 6) is 0.568. The van der Waals surface area contributed by atoms with Gasteiger partial charge in [-0.25, -0.2) is 0 Å². The van der Waals surface area contributed by atoms with Gasteiger partial charge in [-0.15, -0.1) is 0 Å². The summed E-state index contributed by atoms with van der Waals surface area (Å²) in [4.78, 5) is 0. The van der Waals surface area contributed by atoms with Crippen molar-refractivity contribution in [2.24, 2.45) is 5.73 Å². The lowest BCUT2D eigenvalue weighted by atomic mass is 9.91. The summed E-state index contributed by atoms with van der Waals surface area (Å²) in [7, 11) is 0. The van der Waals surface area contributed by atoms with Crippen LogP contribution in [0, 0.1) is 0 Å². The molecule has 0 radical (unpaired) electrons. The quantitative estimate of drug-likeness (QED) is 0.811. The van der Waals surface area contributed by atoms with Gasteiger partial charge in [-0.1, -0.05) is 23.7 Å². The predicted octanol–water partition coefficient (Wildman–Crippen LogP) is 2.98. The number of hydrogen-bond acceptors (Lipinski definition) is 2. The molecule has 1 atom stereocenters. The Morgan fingerprint density at radius 3 is 3.13 bits per heavy atom. The van der Waals surface area contributed by atoms with Crippen molar-refractivity contribution in [1.82, 2.24) is 0 Å². The van der Waals surface area contributed by atoms with Crippen LogP contribution < -0.4 is 11.1 Å². The van der Waals surface area contributed by atoms with Gasteiger partial charge in [0.05, 0.1) is 10.7 Å². The third-order valence-corrected chi connectivity index (χ3v) is 3.35. The minimum Gasteiger partial charge on any atom is -0.384 e. The predicted molar refractivity (Wildman–Crippen MR) is 65.6 cm³/mol. The first-order valence-electron chi connectivity index (χ1n) is 5.55. The first-order chi connectivity index (χ1) is 7.33. The molecule has 0 spiro atoms. The van der Waals surface area contributed by atoms with E-state index in [4.69, 9.17) is 17.3 Å². The third kappa shape index (κ3) is 2.27. The first kappa shape index (κ1) is 10.8. The first-order valence-corrected chi connectivity index (χ1v) is 5.93. The number of hydrogen-bond donors (Lipinski definition) is 2. The number of nitrogens with one attached hydrogen (secondary N) is 1. The van der Waals surface area contributed by atoms with Crippen LogP contribution in [-0.2, 0) is 0 Å². The van der Waals surface area contributed by atoms with Gasteiger partial charge in [0, 0.05) is 6.54 Å². The van der Waals surface area contributed by atoms with Crippen molar-refractivity contribution in [3.63, 3.8) is 0 Å². The van der Waals surface area contributed by atoms with E-state index in [1.54, 1.807) is 0 Å². The van der Waals surface area contributed by atoms with Crippen LogP contribution in [-0.4, -0.2) is 13.1 Å². The molecule has 0 fully saturated rings. The number of nitrogens with two attached hydrogens (primary N) is 1. The van der Waals surface area contributed by atoms with Gasteiger partial charge in [0.2, 0.25) is 0 Å². The largest absolute Gasteiger partial charge is 0.384 e. The topological polar surface area (TPSA) is 38.0 Å². The molecule has 1 aliphatic rings. The highest BCUT2D eigenvalue weighted by molar-refractivity contribution is 6.33. The molecular formula is C12H17ClN2. The number of anilines is 1. The van der Waals surface area contributed by atoms with E-state index in [-0.39, 0.29) is 0 Å². The van der Waals surface area contributed by atoms with Crippen molar-refractivity contribution in [2.45, 2.75) is 25.2 Å². The molecule has 1 unspecified atom stereocenters. The summed E-state index contributed by atoms with van der Waals surface area (Å²) >= 11 is 6.19. The summed E-state index contributed by atoms with van der Waals surface area (Å²) in [6, 6.07) is 6.13.